The molecule has 0 saturated heterocycles. The van der Waals surface area contributed by atoms with Gasteiger partial charge in [-0.3, -0.25) is 4.72 Å². The molecule has 2 heterocycles. The maximum atomic E-state index is 12.7. The lowest BCUT2D eigenvalue weighted by Gasteiger charge is -2.13. The van der Waals surface area contributed by atoms with Crippen molar-refractivity contribution in [3.8, 4) is 5.88 Å². The number of rotatable bonds is 9. The van der Waals surface area contributed by atoms with Crippen LogP contribution in [0.25, 0.3) is 10.4 Å². The summed E-state index contributed by atoms with van der Waals surface area (Å²) in [7, 11) is -2.79. The van der Waals surface area contributed by atoms with Gasteiger partial charge in [-0.1, -0.05) is 34.4 Å². The van der Waals surface area contributed by atoms with E-state index in [9.17, 15) is 8.42 Å². The van der Waals surface area contributed by atoms with Crippen LogP contribution in [0.2, 0.25) is 10.0 Å². The normalized spacial score (nSPS) is 12.1. The third kappa shape index (κ3) is 5.51. The van der Waals surface area contributed by atoms with Crippen LogP contribution < -0.4 is 9.46 Å². The summed E-state index contributed by atoms with van der Waals surface area (Å²) in [5.41, 5.74) is 8.74. The summed E-state index contributed by atoms with van der Waals surface area (Å²) in [5, 5.41) is 4.02. The summed E-state index contributed by atoms with van der Waals surface area (Å²) in [6.07, 6.45) is 4.15. The van der Waals surface area contributed by atoms with Crippen LogP contribution in [-0.4, -0.2) is 36.2 Å². The number of ether oxygens (including phenoxy) is 1. The number of azide groups is 1. The van der Waals surface area contributed by atoms with Gasteiger partial charge < -0.3 is 9.15 Å². The van der Waals surface area contributed by atoms with Gasteiger partial charge in [0.25, 0.3) is 15.9 Å². The number of hydrogen-bond acceptors (Lipinski definition) is 9. The first-order valence-corrected chi connectivity index (χ1v) is 11.5. The number of methoxy groups -OCH3 is 1. The SMILES string of the molecule is COc1nc(SCC(N=[N+]=[N-])c2ncco2)cnc1NS(=O)(=O)c1cccc(Cl)c1Cl. The van der Waals surface area contributed by atoms with Gasteiger partial charge in [-0.25, -0.2) is 23.4 Å². The number of thioether (sulfide) groups is 1. The number of benzene rings is 1. The molecule has 0 amide bonds. The van der Waals surface area contributed by atoms with E-state index in [1.54, 1.807) is 0 Å². The Morgan fingerprint density at radius 2 is 2.19 bits per heavy atom. The third-order valence-corrected chi connectivity index (χ3v) is 6.95. The number of aromatic nitrogens is 3. The molecule has 3 rings (SSSR count). The number of nitrogens with one attached hydrogen (secondary N) is 1. The maximum Gasteiger partial charge on any atom is 0.264 e. The quantitative estimate of drug-likeness (QED) is 0.191. The summed E-state index contributed by atoms with van der Waals surface area (Å²) in [4.78, 5) is 14.9. The van der Waals surface area contributed by atoms with Gasteiger partial charge in [0.2, 0.25) is 11.7 Å². The van der Waals surface area contributed by atoms with Crippen molar-refractivity contribution in [2.45, 2.75) is 16.0 Å². The second kappa shape index (κ2) is 10.1. The second-order valence-corrected chi connectivity index (χ2v) is 9.10. The fourth-order valence-electron chi connectivity index (χ4n) is 2.29. The van der Waals surface area contributed by atoms with Gasteiger partial charge in [0.15, 0.2) is 0 Å². The van der Waals surface area contributed by atoms with Crippen molar-refractivity contribution in [2.75, 3.05) is 17.6 Å². The van der Waals surface area contributed by atoms with Gasteiger partial charge >= 0.3 is 0 Å². The number of halogens is 2. The Kier molecular flexibility index (Phi) is 7.46. The molecule has 0 aliphatic heterocycles. The third-order valence-electron chi connectivity index (χ3n) is 3.67. The van der Waals surface area contributed by atoms with Crippen LogP contribution in [-0.2, 0) is 10.0 Å². The highest BCUT2D eigenvalue weighted by Crippen LogP contribution is 2.32. The molecule has 1 unspecified atom stereocenters. The van der Waals surface area contributed by atoms with Crippen LogP contribution in [0.4, 0.5) is 5.82 Å². The molecule has 15 heteroatoms. The fraction of sp³-hybridized carbons (Fsp3) is 0.188. The van der Waals surface area contributed by atoms with Gasteiger partial charge in [0.1, 0.15) is 22.2 Å². The van der Waals surface area contributed by atoms with E-state index in [2.05, 4.69) is 29.7 Å². The van der Waals surface area contributed by atoms with Crippen molar-refractivity contribution in [2.24, 2.45) is 5.11 Å². The molecule has 0 radical (unpaired) electrons. The van der Waals surface area contributed by atoms with E-state index in [0.29, 0.717) is 5.03 Å². The van der Waals surface area contributed by atoms with Crippen molar-refractivity contribution in [1.29, 1.82) is 0 Å². The molecule has 0 fully saturated rings. The molecule has 0 aliphatic carbocycles. The van der Waals surface area contributed by atoms with E-state index in [1.165, 1.54) is 55.7 Å². The van der Waals surface area contributed by atoms with Crippen LogP contribution in [0, 0.1) is 0 Å². The Hall–Kier alpha value is -2.70. The maximum absolute atomic E-state index is 12.7. The molecule has 2 aromatic heterocycles. The van der Waals surface area contributed by atoms with Gasteiger partial charge in [-0.05, 0) is 17.7 Å². The lowest BCUT2D eigenvalue weighted by atomic mass is 10.4. The molecule has 1 aromatic carbocycles. The Bertz CT molecular complexity index is 1220. The van der Waals surface area contributed by atoms with Crippen LogP contribution in [0.3, 0.4) is 0 Å². The van der Waals surface area contributed by atoms with Crippen LogP contribution in [0.5, 0.6) is 5.88 Å². The van der Waals surface area contributed by atoms with Gasteiger partial charge in [0, 0.05) is 10.7 Å². The summed E-state index contributed by atoms with van der Waals surface area (Å²) in [6.45, 7) is 0. The molecule has 1 atom stereocenters. The average Bonchev–Trinajstić information content (AvgIpc) is 3.28. The lowest BCUT2D eigenvalue weighted by Crippen LogP contribution is -2.16. The molecule has 1 N–H and O–H groups in total. The molecule has 0 spiro atoms. The second-order valence-electron chi connectivity index (χ2n) is 5.63. The smallest absolute Gasteiger partial charge is 0.264 e. The molecule has 0 saturated carbocycles. The molecule has 31 heavy (non-hydrogen) atoms. The van der Waals surface area contributed by atoms with Crippen LogP contribution >= 0.6 is 35.0 Å². The molecular weight excluding hydrogens is 489 g/mol. The zero-order valence-corrected chi connectivity index (χ0v) is 18.8. The molecular formula is C16H13Cl2N7O4S2. The molecule has 11 nitrogen and oxygen atoms in total. The fourth-order valence-corrected chi connectivity index (χ4v) is 4.87. The van der Waals surface area contributed by atoms with E-state index in [-0.39, 0.29) is 38.3 Å². The Morgan fingerprint density at radius 1 is 1.39 bits per heavy atom. The van der Waals surface area contributed by atoms with Crippen molar-refractivity contribution in [3.05, 3.63) is 63.2 Å². The molecule has 162 valence electrons. The van der Waals surface area contributed by atoms with Crippen molar-refractivity contribution in [3.63, 3.8) is 0 Å². The number of oxazole rings is 1. The zero-order chi connectivity index (χ0) is 22.4. The number of hydrogen-bond donors (Lipinski definition) is 1. The van der Waals surface area contributed by atoms with Gasteiger partial charge in [-0.15, -0.1) is 11.8 Å². The van der Waals surface area contributed by atoms with Gasteiger partial charge in [0.05, 0.1) is 29.5 Å². The number of anilines is 1. The Balaban J connectivity index is 1.80. The molecule has 0 aliphatic rings. The summed E-state index contributed by atoms with van der Waals surface area (Å²) in [6, 6.07) is 3.57. The average molecular weight is 502 g/mol. The highest BCUT2D eigenvalue weighted by Gasteiger charge is 2.23. The summed E-state index contributed by atoms with van der Waals surface area (Å²) in [5.74, 6) is 0.310. The largest absolute Gasteiger partial charge is 0.478 e. The predicted octanol–water partition coefficient (Wildman–Crippen LogP) is 4.72. The first-order valence-electron chi connectivity index (χ1n) is 8.30. The van der Waals surface area contributed by atoms with Crippen LogP contribution in [0.1, 0.15) is 11.9 Å². The van der Waals surface area contributed by atoms with Crippen LogP contribution in [0.15, 0.2) is 56.3 Å². The highest BCUT2D eigenvalue weighted by molar-refractivity contribution is 7.99. The molecule has 0 bridgehead atoms. The topological polar surface area (TPSA) is 156 Å². The van der Waals surface area contributed by atoms with E-state index >= 15 is 0 Å². The monoisotopic (exact) mass is 501 g/mol. The summed E-state index contributed by atoms with van der Waals surface area (Å²) < 4.78 is 38.0. The van der Waals surface area contributed by atoms with E-state index < -0.39 is 16.1 Å². The highest BCUT2D eigenvalue weighted by atomic mass is 35.5. The molecule has 3 aromatic rings. The number of nitrogens with zero attached hydrogens (tertiary/aromatic N) is 6. The van der Waals surface area contributed by atoms with Gasteiger partial charge in [-0.2, -0.15) is 0 Å². The minimum atomic E-state index is -4.11. The standard InChI is InChI=1S/C16H13Cl2N7O4S2/c1-28-16-14(24-31(26,27)11-4-2-3-9(17)13(11)18)21-7-12(22-16)30-8-10(23-25-19)15-20-5-6-29-15/h2-7,10H,8H2,1H3,(H,21,24). The Morgan fingerprint density at radius 3 is 2.87 bits per heavy atom. The lowest BCUT2D eigenvalue weighted by molar-refractivity contribution is 0.394. The summed E-state index contributed by atoms with van der Waals surface area (Å²) >= 11 is 13.1. The minimum absolute atomic E-state index is 0.0665. The van der Waals surface area contributed by atoms with Crippen molar-refractivity contribution < 1.29 is 17.6 Å². The van der Waals surface area contributed by atoms with Crippen molar-refractivity contribution in [1.82, 2.24) is 15.0 Å². The Labute approximate surface area is 190 Å². The minimum Gasteiger partial charge on any atom is -0.478 e. The van der Waals surface area contributed by atoms with E-state index in [0.717, 1.165) is 0 Å². The predicted molar refractivity (Wildman–Crippen MR) is 115 cm³/mol. The first-order chi connectivity index (χ1) is 14.9. The van der Waals surface area contributed by atoms with E-state index in [1.807, 2.05) is 0 Å². The zero-order valence-electron chi connectivity index (χ0n) is 15.6. The number of sulfonamides is 1. The van der Waals surface area contributed by atoms with Crippen molar-refractivity contribution >= 4 is 50.8 Å². The first kappa shape index (κ1) is 23.0. The van der Waals surface area contributed by atoms with E-state index in [4.69, 9.17) is 37.9 Å².